The number of hydrogen-bond acceptors (Lipinski definition) is 4. The standard InChI is InChI=1S/C11H13N3O2/c12-5-8-13-6-3-9(4-7-13)14-10(15)1-2-11(14)16/h1-2,9H,3-4,6-8H2. The summed E-state index contributed by atoms with van der Waals surface area (Å²) in [6, 6.07) is 2.11. The molecule has 0 aromatic rings. The van der Waals surface area contributed by atoms with E-state index in [2.05, 4.69) is 6.07 Å². The van der Waals surface area contributed by atoms with Crippen LogP contribution in [0.3, 0.4) is 0 Å². The molecule has 0 N–H and O–H groups in total. The molecule has 0 spiro atoms. The van der Waals surface area contributed by atoms with Gasteiger partial charge in [0.15, 0.2) is 0 Å². The summed E-state index contributed by atoms with van der Waals surface area (Å²) >= 11 is 0. The van der Waals surface area contributed by atoms with E-state index in [4.69, 9.17) is 5.26 Å². The number of rotatable bonds is 2. The lowest BCUT2D eigenvalue weighted by Crippen LogP contribution is -2.47. The van der Waals surface area contributed by atoms with Crippen LogP contribution in [0.2, 0.25) is 0 Å². The molecule has 2 aliphatic rings. The van der Waals surface area contributed by atoms with Crippen LogP contribution < -0.4 is 0 Å². The van der Waals surface area contributed by atoms with Gasteiger partial charge in [0.1, 0.15) is 0 Å². The van der Waals surface area contributed by atoms with Gasteiger partial charge in [-0.05, 0) is 12.8 Å². The van der Waals surface area contributed by atoms with E-state index in [0.717, 1.165) is 25.9 Å². The Bertz CT molecular complexity index is 357. The third-order valence-electron chi connectivity index (χ3n) is 3.06. The normalized spacial score (nSPS) is 22.8. The zero-order valence-corrected chi connectivity index (χ0v) is 8.93. The molecule has 2 heterocycles. The van der Waals surface area contributed by atoms with E-state index in [0.29, 0.717) is 6.54 Å². The van der Waals surface area contributed by atoms with Gasteiger partial charge >= 0.3 is 0 Å². The third kappa shape index (κ3) is 1.97. The second-order valence-electron chi connectivity index (χ2n) is 4.05. The molecule has 0 unspecified atom stereocenters. The molecule has 0 aromatic heterocycles. The Morgan fingerprint density at radius 3 is 2.31 bits per heavy atom. The predicted octanol–water partition coefficient (Wildman–Crippen LogP) is -0.101. The lowest BCUT2D eigenvalue weighted by atomic mass is 10.0. The average Bonchev–Trinajstić information content (AvgIpc) is 2.61. The highest BCUT2D eigenvalue weighted by atomic mass is 16.2. The summed E-state index contributed by atoms with van der Waals surface area (Å²) in [6.45, 7) is 1.97. The number of carbonyl (C=O) groups is 2. The number of imide groups is 1. The minimum Gasteiger partial charge on any atom is -0.290 e. The summed E-state index contributed by atoms with van der Waals surface area (Å²) in [7, 11) is 0. The smallest absolute Gasteiger partial charge is 0.253 e. The van der Waals surface area contributed by atoms with Crippen molar-refractivity contribution in [1.82, 2.24) is 9.80 Å². The average molecular weight is 219 g/mol. The van der Waals surface area contributed by atoms with E-state index in [1.165, 1.54) is 17.1 Å². The number of likely N-dealkylation sites (tertiary alicyclic amines) is 1. The molecule has 0 aromatic carbocycles. The fourth-order valence-corrected chi connectivity index (χ4v) is 2.21. The number of carbonyl (C=O) groups excluding carboxylic acids is 2. The van der Waals surface area contributed by atoms with Gasteiger partial charge in [0.2, 0.25) is 0 Å². The molecule has 1 saturated heterocycles. The van der Waals surface area contributed by atoms with Crippen molar-refractivity contribution in [3.8, 4) is 6.07 Å². The first kappa shape index (κ1) is 10.8. The number of piperidine rings is 1. The van der Waals surface area contributed by atoms with Crippen molar-refractivity contribution < 1.29 is 9.59 Å². The van der Waals surface area contributed by atoms with Gasteiger partial charge in [-0.15, -0.1) is 0 Å². The molecule has 2 aliphatic heterocycles. The van der Waals surface area contributed by atoms with Crippen molar-refractivity contribution in [2.24, 2.45) is 0 Å². The summed E-state index contributed by atoms with van der Waals surface area (Å²) in [6.07, 6.45) is 4.18. The summed E-state index contributed by atoms with van der Waals surface area (Å²) in [5.74, 6) is -0.410. The van der Waals surface area contributed by atoms with Gasteiger partial charge in [0.25, 0.3) is 11.8 Å². The highest BCUT2D eigenvalue weighted by molar-refractivity contribution is 6.13. The molecule has 0 aliphatic carbocycles. The van der Waals surface area contributed by atoms with Crippen LogP contribution in [-0.4, -0.2) is 47.3 Å². The Balaban J connectivity index is 1.92. The van der Waals surface area contributed by atoms with Gasteiger partial charge in [-0.2, -0.15) is 5.26 Å². The lowest BCUT2D eigenvalue weighted by molar-refractivity contribution is -0.140. The van der Waals surface area contributed by atoms with Crippen LogP contribution in [0.4, 0.5) is 0 Å². The highest BCUT2D eigenvalue weighted by Gasteiger charge is 2.33. The quantitative estimate of drug-likeness (QED) is 0.480. The van der Waals surface area contributed by atoms with Crippen molar-refractivity contribution in [1.29, 1.82) is 5.26 Å². The summed E-state index contributed by atoms with van der Waals surface area (Å²) in [5, 5.41) is 8.56. The molecule has 0 radical (unpaired) electrons. The largest absolute Gasteiger partial charge is 0.290 e. The number of nitrogens with zero attached hydrogens (tertiary/aromatic N) is 3. The van der Waals surface area contributed by atoms with E-state index in [9.17, 15) is 9.59 Å². The molecule has 2 amide bonds. The Kier molecular flexibility index (Phi) is 3.02. The second kappa shape index (κ2) is 4.45. The maximum atomic E-state index is 11.4. The van der Waals surface area contributed by atoms with Crippen molar-refractivity contribution in [2.45, 2.75) is 18.9 Å². The van der Waals surface area contributed by atoms with Gasteiger partial charge in [-0.25, -0.2) is 0 Å². The van der Waals surface area contributed by atoms with Gasteiger partial charge in [-0.3, -0.25) is 19.4 Å². The van der Waals surface area contributed by atoms with Crippen molar-refractivity contribution in [3.63, 3.8) is 0 Å². The monoisotopic (exact) mass is 219 g/mol. The highest BCUT2D eigenvalue weighted by Crippen LogP contribution is 2.19. The molecular weight excluding hydrogens is 206 g/mol. The summed E-state index contributed by atoms with van der Waals surface area (Å²) in [4.78, 5) is 26.3. The number of hydrogen-bond donors (Lipinski definition) is 0. The van der Waals surface area contributed by atoms with E-state index in [-0.39, 0.29) is 17.9 Å². The molecule has 0 saturated carbocycles. The SMILES string of the molecule is N#CCN1CCC(N2C(=O)C=CC2=O)CC1. The van der Waals surface area contributed by atoms with Crippen LogP contribution in [0.25, 0.3) is 0 Å². The maximum Gasteiger partial charge on any atom is 0.253 e. The molecule has 0 atom stereocenters. The fraction of sp³-hybridized carbons (Fsp3) is 0.545. The van der Waals surface area contributed by atoms with Crippen LogP contribution in [-0.2, 0) is 9.59 Å². The van der Waals surface area contributed by atoms with Crippen LogP contribution in [0.5, 0.6) is 0 Å². The third-order valence-corrected chi connectivity index (χ3v) is 3.06. The van der Waals surface area contributed by atoms with Crippen molar-refractivity contribution in [2.75, 3.05) is 19.6 Å². The first-order chi connectivity index (χ1) is 7.72. The second-order valence-corrected chi connectivity index (χ2v) is 4.05. The predicted molar refractivity (Wildman–Crippen MR) is 56.1 cm³/mol. The molecule has 16 heavy (non-hydrogen) atoms. The lowest BCUT2D eigenvalue weighted by Gasteiger charge is -2.34. The molecule has 5 nitrogen and oxygen atoms in total. The first-order valence-electron chi connectivity index (χ1n) is 5.37. The van der Waals surface area contributed by atoms with E-state index >= 15 is 0 Å². The van der Waals surface area contributed by atoms with E-state index in [1.807, 2.05) is 4.90 Å². The first-order valence-corrected chi connectivity index (χ1v) is 5.37. The summed E-state index contributed by atoms with van der Waals surface area (Å²) in [5.41, 5.74) is 0. The van der Waals surface area contributed by atoms with Gasteiger partial charge < -0.3 is 0 Å². The fourth-order valence-electron chi connectivity index (χ4n) is 2.21. The number of amides is 2. The Hall–Kier alpha value is -1.67. The van der Waals surface area contributed by atoms with E-state index in [1.54, 1.807) is 0 Å². The summed E-state index contributed by atoms with van der Waals surface area (Å²) < 4.78 is 0. The minimum absolute atomic E-state index is 0.00458. The molecule has 2 rings (SSSR count). The van der Waals surface area contributed by atoms with E-state index < -0.39 is 0 Å². The zero-order valence-electron chi connectivity index (χ0n) is 8.93. The molecular formula is C11H13N3O2. The van der Waals surface area contributed by atoms with Crippen LogP contribution in [0.15, 0.2) is 12.2 Å². The van der Waals surface area contributed by atoms with Gasteiger partial charge in [0, 0.05) is 31.3 Å². The van der Waals surface area contributed by atoms with Crippen LogP contribution in [0, 0.1) is 11.3 Å². The van der Waals surface area contributed by atoms with Gasteiger partial charge in [-0.1, -0.05) is 0 Å². The Morgan fingerprint density at radius 1 is 1.25 bits per heavy atom. The zero-order chi connectivity index (χ0) is 11.5. The number of nitriles is 1. The molecule has 0 bridgehead atoms. The van der Waals surface area contributed by atoms with Crippen molar-refractivity contribution in [3.05, 3.63) is 12.2 Å². The molecule has 84 valence electrons. The maximum absolute atomic E-state index is 11.4. The van der Waals surface area contributed by atoms with Crippen LogP contribution >= 0.6 is 0 Å². The van der Waals surface area contributed by atoms with Crippen LogP contribution in [0.1, 0.15) is 12.8 Å². The molecule has 5 heteroatoms. The topological polar surface area (TPSA) is 64.4 Å². The van der Waals surface area contributed by atoms with Crippen molar-refractivity contribution >= 4 is 11.8 Å². The van der Waals surface area contributed by atoms with Gasteiger partial charge in [0.05, 0.1) is 12.6 Å². The molecule has 1 fully saturated rings. The minimum atomic E-state index is -0.205. The Morgan fingerprint density at radius 2 is 1.81 bits per heavy atom. The Labute approximate surface area is 93.9 Å².